The number of nitrogens with one attached hydrogen (secondary N) is 1. The van der Waals surface area contributed by atoms with E-state index < -0.39 is 10.2 Å². The van der Waals surface area contributed by atoms with Crippen molar-refractivity contribution in [3.63, 3.8) is 0 Å². The summed E-state index contributed by atoms with van der Waals surface area (Å²) < 4.78 is 23.0. The van der Waals surface area contributed by atoms with Crippen molar-refractivity contribution in [1.82, 2.24) is 4.72 Å². The predicted molar refractivity (Wildman–Crippen MR) is 44.3 cm³/mol. The van der Waals surface area contributed by atoms with Crippen molar-refractivity contribution in [2.24, 2.45) is 5.14 Å². The first-order chi connectivity index (χ1) is 5.08. The van der Waals surface area contributed by atoms with Gasteiger partial charge in [-0.15, -0.1) is 0 Å². The van der Waals surface area contributed by atoms with E-state index in [-0.39, 0.29) is 6.54 Å². The Morgan fingerprint density at radius 1 is 1.64 bits per heavy atom. The van der Waals surface area contributed by atoms with Gasteiger partial charge in [-0.25, -0.2) is 5.14 Å². The summed E-state index contributed by atoms with van der Waals surface area (Å²) in [6.45, 7) is 0.266. The van der Waals surface area contributed by atoms with Gasteiger partial charge in [-0.2, -0.15) is 24.5 Å². The first-order valence-corrected chi connectivity index (χ1v) is 5.35. The van der Waals surface area contributed by atoms with Crippen LogP contribution in [0.4, 0.5) is 0 Å². The van der Waals surface area contributed by atoms with E-state index in [1.54, 1.807) is 0 Å². The molecule has 0 radical (unpaired) electrons. The van der Waals surface area contributed by atoms with Crippen LogP contribution in [0.5, 0.6) is 0 Å². The average molecular weight is 192 g/mol. The van der Waals surface area contributed by atoms with Crippen LogP contribution in [-0.4, -0.2) is 8.42 Å². The molecule has 0 amide bonds. The van der Waals surface area contributed by atoms with Crippen LogP contribution in [0.3, 0.4) is 0 Å². The third-order valence-electron chi connectivity index (χ3n) is 1.06. The second kappa shape index (κ2) is 3.31. The Morgan fingerprint density at radius 3 is 2.82 bits per heavy atom. The van der Waals surface area contributed by atoms with Crippen molar-refractivity contribution < 1.29 is 8.42 Å². The molecule has 3 N–H and O–H groups in total. The zero-order chi connectivity index (χ0) is 8.32. The molecular weight excluding hydrogens is 184 g/mol. The Labute approximate surface area is 69.2 Å². The van der Waals surface area contributed by atoms with E-state index in [2.05, 4.69) is 4.72 Å². The van der Waals surface area contributed by atoms with Gasteiger partial charge in [0.05, 0.1) is 0 Å². The first kappa shape index (κ1) is 8.66. The van der Waals surface area contributed by atoms with Gasteiger partial charge in [0.2, 0.25) is 0 Å². The van der Waals surface area contributed by atoms with Crippen LogP contribution in [0.2, 0.25) is 0 Å². The molecule has 4 nitrogen and oxygen atoms in total. The molecule has 0 saturated carbocycles. The highest BCUT2D eigenvalue weighted by Gasteiger charge is 2.00. The van der Waals surface area contributed by atoms with Gasteiger partial charge in [-0.05, 0) is 22.4 Å². The van der Waals surface area contributed by atoms with Crippen LogP contribution in [0.15, 0.2) is 16.8 Å². The Hall–Kier alpha value is -0.430. The molecule has 1 aromatic heterocycles. The van der Waals surface area contributed by atoms with Crippen molar-refractivity contribution in [3.8, 4) is 0 Å². The number of nitrogens with two attached hydrogens (primary N) is 1. The van der Waals surface area contributed by atoms with Gasteiger partial charge in [0, 0.05) is 6.54 Å². The smallest absolute Gasteiger partial charge is 0.216 e. The molecule has 0 aliphatic rings. The molecule has 0 unspecified atom stereocenters. The number of hydrogen-bond donors (Lipinski definition) is 2. The molecule has 0 atom stereocenters. The third kappa shape index (κ3) is 3.47. The van der Waals surface area contributed by atoms with Gasteiger partial charge in [-0.3, -0.25) is 0 Å². The molecule has 0 spiro atoms. The predicted octanol–water partition coefficient (Wildman–Crippen LogP) is 0.0412. The monoisotopic (exact) mass is 192 g/mol. The second-order valence-corrected chi connectivity index (χ2v) is 4.16. The Bertz CT molecular complexity index is 303. The Kier molecular flexibility index (Phi) is 2.61. The van der Waals surface area contributed by atoms with Gasteiger partial charge in [0.15, 0.2) is 0 Å². The topological polar surface area (TPSA) is 72.2 Å². The lowest BCUT2D eigenvalue weighted by Gasteiger charge is -1.97. The minimum atomic E-state index is -3.55. The molecule has 0 aliphatic carbocycles. The minimum absolute atomic E-state index is 0.266. The van der Waals surface area contributed by atoms with Crippen molar-refractivity contribution in [2.75, 3.05) is 0 Å². The van der Waals surface area contributed by atoms with Crippen LogP contribution in [0.1, 0.15) is 5.56 Å². The summed E-state index contributed by atoms with van der Waals surface area (Å²) in [7, 11) is -3.55. The summed E-state index contributed by atoms with van der Waals surface area (Å²) in [5.41, 5.74) is 0.920. The van der Waals surface area contributed by atoms with Crippen molar-refractivity contribution in [1.29, 1.82) is 0 Å². The van der Waals surface area contributed by atoms with Crippen molar-refractivity contribution in [2.45, 2.75) is 6.54 Å². The fraction of sp³-hybridized carbons (Fsp3) is 0.200. The summed E-state index contributed by atoms with van der Waals surface area (Å²) in [4.78, 5) is 0. The third-order valence-corrected chi connectivity index (χ3v) is 2.34. The quantitative estimate of drug-likeness (QED) is 0.709. The van der Waals surface area contributed by atoms with Crippen LogP contribution in [-0.2, 0) is 16.8 Å². The zero-order valence-corrected chi connectivity index (χ0v) is 7.28. The van der Waals surface area contributed by atoms with Gasteiger partial charge in [-0.1, -0.05) is 0 Å². The summed E-state index contributed by atoms with van der Waals surface area (Å²) in [6.07, 6.45) is 0. The highest BCUT2D eigenvalue weighted by atomic mass is 32.2. The SMILES string of the molecule is NS(=O)(=O)NCc1ccsc1. The highest BCUT2D eigenvalue weighted by molar-refractivity contribution is 7.87. The fourth-order valence-electron chi connectivity index (χ4n) is 0.577. The van der Waals surface area contributed by atoms with E-state index in [1.807, 2.05) is 16.8 Å². The van der Waals surface area contributed by atoms with E-state index in [1.165, 1.54) is 11.3 Å². The fourth-order valence-corrected chi connectivity index (χ4v) is 1.61. The molecule has 6 heteroatoms. The van der Waals surface area contributed by atoms with Crippen LogP contribution in [0, 0.1) is 0 Å². The summed E-state index contributed by atoms with van der Waals surface area (Å²) in [5.74, 6) is 0. The number of rotatable bonds is 3. The largest absolute Gasteiger partial charge is 0.274 e. The van der Waals surface area contributed by atoms with Crippen LogP contribution >= 0.6 is 11.3 Å². The average Bonchev–Trinajstić information content (AvgIpc) is 2.32. The van der Waals surface area contributed by atoms with E-state index in [0.29, 0.717) is 0 Å². The highest BCUT2D eigenvalue weighted by Crippen LogP contribution is 2.04. The maximum Gasteiger partial charge on any atom is 0.274 e. The molecule has 0 saturated heterocycles. The lowest BCUT2D eigenvalue weighted by atomic mass is 10.4. The van der Waals surface area contributed by atoms with Gasteiger partial charge in [0.1, 0.15) is 0 Å². The number of hydrogen-bond acceptors (Lipinski definition) is 3. The molecule has 1 rings (SSSR count). The van der Waals surface area contributed by atoms with E-state index in [0.717, 1.165) is 5.56 Å². The zero-order valence-electron chi connectivity index (χ0n) is 5.65. The summed E-state index contributed by atoms with van der Waals surface area (Å²) >= 11 is 1.51. The first-order valence-electron chi connectivity index (χ1n) is 2.86. The Morgan fingerprint density at radius 2 is 2.36 bits per heavy atom. The van der Waals surface area contributed by atoms with E-state index >= 15 is 0 Å². The lowest BCUT2D eigenvalue weighted by molar-refractivity contribution is 0.583. The summed E-state index contributed by atoms with van der Waals surface area (Å²) in [6, 6.07) is 1.84. The van der Waals surface area contributed by atoms with E-state index in [9.17, 15) is 8.42 Å². The molecule has 0 fully saturated rings. The van der Waals surface area contributed by atoms with E-state index in [4.69, 9.17) is 5.14 Å². The summed E-state index contributed by atoms with van der Waals surface area (Å²) in [5, 5.41) is 8.45. The molecular formula is C5H8N2O2S2. The van der Waals surface area contributed by atoms with Crippen molar-refractivity contribution in [3.05, 3.63) is 22.4 Å². The minimum Gasteiger partial charge on any atom is -0.216 e. The molecule has 0 aliphatic heterocycles. The van der Waals surface area contributed by atoms with Gasteiger partial charge in [0.25, 0.3) is 10.2 Å². The van der Waals surface area contributed by atoms with Crippen molar-refractivity contribution >= 4 is 21.5 Å². The van der Waals surface area contributed by atoms with Gasteiger partial charge < -0.3 is 0 Å². The molecule has 0 aromatic carbocycles. The lowest BCUT2D eigenvalue weighted by Crippen LogP contribution is -2.29. The molecule has 1 aromatic rings. The standard InChI is InChI=1S/C5H8N2O2S2/c6-11(8,9)7-3-5-1-2-10-4-5/h1-2,4,7H,3H2,(H2,6,8,9). The second-order valence-electron chi connectivity index (χ2n) is 2.00. The molecule has 11 heavy (non-hydrogen) atoms. The number of thiophene rings is 1. The molecule has 0 bridgehead atoms. The normalized spacial score (nSPS) is 11.7. The van der Waals surface area contributed by atoms with Crippen LogP contribution in [0.25, 0.3) is 0 Å². The maximum absolute atomic E-state index is 10.4. The Balaban J connectivity index is 2.48. The van der Waals surface area contributed by atoms with Crippen LogP contribution < -0.4 is 9.86 Å². The molecule has 1 heterocycles. The maximum atomic E-state index is 10.4. The van der Waals surface area contributed by atoms with Gasteiger partial charge >= 0.3 is 0 Å². The molecule has 62 valence electrons.